The van der Waals surface area contributed by atoms with Gasteiger partial charge < -0.3 is 19.3 Å². The van der Waals surface area contributed by atoms with Gasteiger partial charge in [0.05, 0.1) is 6.61 Å². The van der Waals surface area contributed by atoms with Gasteiger partial charge in [-0.2, -0.15) is 0 Å². The van der Waals surface area contributed by atoms with Crippen molar-refractivity contribution in [3.05, 3.63) is 24.3 Å². The molecule has 0 aromatic rings. The predicted octanol–water partition coefficient (Wildman–Crippen LogP) is 10.8. The number of carbonyl (C=O) groups excluding carboxylic acids is 2. The number of rotatable bonds is 34. The third-order valence-corrected chi connectivity index (χ3v) is 8.46. The average Bonchev–Trinajstić information content (AvgIpc) is 3.02. The van der Waals surface area contributed by atoms with Crippen molar-refractivity contribution in [2.24, 2.45) is 0 Å². The highest BCUT2D eigenvalue weighted by molar-refractivity contribution is 7.46. The van der Waals surface area contributed by atoms with Gasteiger partial charge in [0.1, 0.15) is 6.61 Å². The van der Waals surface area contributed by atoms with Crippen LogP contribution in [0.5, 0.6) is 0 Å². The molecule has 0 spiro atoms. The van der Waals surface area contributed by atoms with E-state index in [0.29, 0.717) is 12.8 Å². The molecule has 0 unspecified atom stereocenters. The lowest BCUT2D eigenvalue weighted by Crippen LogP contribution is -2.29. The van der Waals surface area contributed by atoms with Crippen molar-refractivity contribution in [3.8, 4) is 0 Å². The lowest BCUT2D eigenvalue weighted by Gasteiger charge is -2.18. The summed E-state index contributed by atoms with van der Waals surface area (Å²) in [5.74, 6) is -0.897. The molecule has 0 radical (unpaired) electrons. The number of hydrogen-bond acceptors (Lipinski definition) is 6. The fraction of sp³-hybridized carbons (Fsp3) is 0.838. The predicted molar refractivity (Wildman–Crippen MR) is 189 cm³/mol. The van der Waals surface area contributed by atoms with Crippen LogP contribution in [0, 0.1) is 0 Å². The van der Waals surface area contributed by atoms with Crippen molar-refractivity contribution in [1.82, 2.24) is 0 Å². The molecule has 270 valence electrons. The molecule has 46 heavy (non-hydrogen) atoms. The molecule has 0 aromatic heterocycles. The highest BCUT2D eigenvalue weighted by Crippen LogP contribution is 2.36. The van der Waals surface area contributed by atoms with Gasteiger partial charge in [-0.3, -0.25) is 14.1 Å². The molecule has 0 saturated heterocycles. The second-order valence-electron chi connectivity index (χ2n) is 12.6. The normalized spacial score (nSPS) is 12.7. The summed E-state index contributed by atoms with van der Waals surface area (Å²) in [6.45, 7) is 3.64. The second-order valence-corrected chi connectivity index (χ2v) is 13.8. The molecule has 2 N–H and O–H groups in total. The Balaban J connectivity index is 3.98. The second kappa shape index (κ2) is 33.4. The summed E-state index contributed by atoms with van der Waals surface area (Å²) in [4.78, 5) is 42.6. The van der Waals surface area contributed by atoms with Gasteiger partial charge in [-0.15, -0.1) is 0 Å². The summed E-state index contributed by atoms with van der Waals surface area (Å²) < 4.78 is 26.3. The van der Waals surface area contributed by atoms with E-state index in [1.54, 1.807) is 0 Å². The zero-order valence-corrected chi connectivity index (χ0v) is 30.4. The highest BCUT2D eigenvalue weighted by atomic mass is 31.2. The SMILES string of the molecule is CCCCC/C=C/C/C=C/CCCCCCCC(=O)OC[C@H](COP(=O)(O)O)OC(=O)CCCCCCCCCCCCCCC. The smallest absolute Gasteiger partial charge is 0.462 e. The maximum Gasteiger partial charge on any atom is 0.469 e. The van der Waals surface area contributed by atoms with E-state index in [4.69, 9.17) is 19.3 Å². The van der Waals surface area contributed by atoms with Crippen LogP contribution in [0.25, 0.3) is 0 Å². The fourth-order valence-electron chi connectivity index (χ4n) is 5.17. The van der Waals surface area contributed by atoms with Crippen LogP contribution in [0.1, 0.15) is 181 Å². The monoisotopic (exact) mass is 672 g/mol. The quantitative estimate of drug-likeness (QED) is 0.0300. The van der Waals surface area contributed by atoms with Gasteiger partial charge in [0, 0.05) is 12.8 Å². The van der Waals surface area contributed by atoms with Crippen LogP contribution in [0.4, 0.5) is 0 Å². The van der Waals surface area contributed by atoms with Crippen molar-refractivity contribution >= 4 is 19.8 Å². The summed E-state index contributed by atoms with van der Waals surface area (Å²) in [6, 6.07) is 0. The summed E-state index contributed by atoms with van der Waals surface area (Å²) in [5.41, 5.74) is 0. The molecular weight excluding hydrogens is 603 g/mol. The molecule has 0 aliphatic heterocycles. The van der Waals surface area contributed by atoms with Crippen LogP contribution in [-0.4, -0.2) is 41.0 Å². The maximum atomic E-state index is 12.3. The molecular formula is C37H69O8P. The van der Waals surface area contributed by atoms with Gasteiger partial charge in [-0.1, -0.05) is 147 Å². The molecule has 0 aliphatic carbocycles. The van der Waals surface area contributed by atoms with E-state index in [-0.39, 0.29) is 19.4 Å². The van der Waals surface area contributed by atoms with E-state index >= 15 is 0 Å². The third-order valence-electron chi connectivity index (χ3n) is 7.97. The number of allylic oxidation sites excluding steroid dienone is 4. The van der Waals surface area contributed by atoms with Gasteiger partial charge >= 0.3 is 19.8 Å². The molecule has 0 aromatic carbocycles. The highest BCUT2D eigenvalue weighted by Gasteiger charge is 2.22. The Kier molecular flexibility index (Phi) is 32.4. The van der Waals surface area contributed by atoms with Crippen LogP contribution in [0.2, 0.25) is 0 Å². The van der Waals surface area contributed by atoms with Crippen molar-refractivity contribution in [2.45, 2.75) is 187 Å². The number of phosphoric acid groups is 1. The van der Waals surface area contributed by atoms with Crippen molar-refractivity contribution in [2.75, 3.05) is 13.2 Å². The lowest BCUT2D eigenvalue weighted by molar-refractivity contribution is -0.161. The summed E-state index contributed by atoms with van der Waals surface area (Å²) in [6.07, 6.45) is 36.1. The summed E-state index contributed by atoms with van der Waals surface area (Å²) in [7, 11) is -4.75. The summed E-state index contributed by atoms with van der Waals surface area (Å²) >= 11 is 0. The molecule has 8 nitrogen and oxygen atoms in total. The first-order valence-corrected chi connectivity index (χ1v) is 20.2. The number of unbranched alkanes of at least 4 members (excludes halogenated alkanes) is 20. The number of phosphoric ester groups is 1. The Morgan fingerprint density at radius 3 is 1.48 bits per heavy atom. The molecule has 0 amide bonds. The van der Waals surface area contributed by atoms with Crippen LogP contribution >= 0.6 is 7.82 Å². The number of esters is 2. The Morgan fingerprint density at radius 1 is 0.565 bits per heavy atom. The Labute approximate surface area is 281 Å². The average molecular weight is 673 g/mol. The molecule has 9 heteroatoms. The first-order chi connectivity index (χ1) is 22.3. The number of hydrogen-bond donors (Lipinski definition) is 2. The van der Waals surface area contributed by atoms with Crippen LogP contribution in [-0.2, 0) is 28.2 Å². The van der Waals surface area contributed by atoms with Crippen molar-refractivity contribution in [1.29, 1.82) is 0 Å². The molecule has 1 atom stereocenters. The lowest BCUT2D eigenvalue weighted by atomic mass is 10.0. The van der Waals surface area contributed by atoms with E-state index in [1.807, 2.05) is 0 Å². The van der Waals surface area contributed by atoms with Gasteiger partial charge in [0.2, 0.25) is 0 Å². The van der Waals surface area contributed by atoms with Crippen LogP contribution in [0.15, 0.2) is 24.3 Å². The van der Waals surface area contributed by atoms with E-state index < -0.39 is 32.5 Å². The standard InChI is InChI=1S/C37H69O8P/c1-3-5-7-9-11-13-15-17-18-20-21-23-25-27-29-31-36(38)43-33-35(34-44-46(40,41)42)45-37(39)32-30-28-26-24-22-19-16-14-12-10-8-6-4-2/h11,13,17-18,35H,3-10,12,14-16,19-34H2,1-2H3,(H2,40,41,42)/b13-11+,18-17+/t35-/m1/s1. The Morgan fingerprint density at radius 2 is 0.978 bits per heavy atom. The minimum absolute atomic E-state index is 0.212. The number of carbonyl (C=O) groups is 2. The fourth-order valence-corrected chi connectivity index (χ4v) is 5.53. The van der Waals surface area contributed by atoms with Crippen LogP contribution < -0.4 is 0 Å². The zero-order chi connectivity index (χ0) is 34.0. The third kappa shape index (κ3) is 35.4. The zero-order valence-electron chi connectivity index (χ0n) is 29.5. The molecule has 0 saturated carbocycles. The van der Waals surface area contributed by atoms with Gasteiger partial charge in [0.15, 0.2) is 6.10 Å². The summed E-state index contributed by atoms with van der Waals surface area (Å²) in [5, 5.41) is 0. The first-order valence-electron chi connectivity index (χ1n) is 18.6. The molecule has 0 heterocycles. The van der Waals surface area contributed by atoms with Crippen LogP contribution in [0.3, 0.4) is 0 Å². The molecule has 0 fully saturated rings. The Bertz CT molecular complexity index is 807. The number of ether oxygens (including phenoxy) is 2. The van der Waals surface area contributed by atoms with Crippen molar-refractivity contribution < 1.29 is 37.9 Å². The maximum absolute atomic E-state index is 12.3. The molecule has 0 bridgehead atoms. The molecule has 0 aliphatic rings. The molecule has 0 rings (SSSR count). The van der Waals surface area contributed by atoms with E-state index in [1.165, 1.54) is 83.5 Å². The van der Waals surface area contributed by atoms with E-state index in [0.717, 1.165) is 57.8 Å². The van der Waals surface area contributed by atoms with Crippen molar-refractivity contribution in [3.63, 3.8) is 0 Å². The largest absolute Gasteiger partial charge is 0.469 e. The van der Waals surface area contributed by atoms with Gasteiger partial charge in [-0.25, -0.2) is 4.57 Å². The minimum Gasteiger partial charge on any atom is -0.462 e. The van der Waals surface area contributed by atoms with Gasteiger partial charge in [-0.05, 0) is 44.9 Å². The van der Waals surface area contributed by atoms with Gasteiger partial charge in [0.25, 0.3) is 0 Å². The van der Waals surface area contributed by atoms with E-state index in [9.17, 15) is 14.2 Å². The minimum atomic E-state index is -4.75. The van der Waals surface area contributed by atoms with E-state index in [2.05, 4.69) is 42.7 Å². The Hall–Kier alpha value is -1.47. The first kappa shape index (κ1) is 44.5. The topological polar surface area (TPSA) is 119 Å².